The fraction of sp³-hybridized carbons (Fsp3) is 0.316. The highest BCUT2D eigenvalue weighted by atomic mass is 19.1. The monoisotopic (exact) mass is 357 g/mol. The van der Waals surface area contributed by atoms with Crippen molar-refractivity contribution in [3.8, 4) is 23.0 Å². The third kappa shape index (κ3) is 3.82. The number of hydrogen-bond acceptors (Lipinski definition) is 5. The highest BCUT2D eigenvalue weighted by Gasteiger charge is 2.32. The van der Waals surface area contributed by atoms with Crippen molar-refractivity contribution in [1.29, 1.82) is 0 Å². The predicted molar refractivity (Wildman–Crippen MR) is 94.7 cm³/mol. The summed E-state index contributed by atoms with van der Waals surface area (Å²) >= 11 is 0. The molecule has 0 bridgehead atoms. The van der Waals surface area contributed by atoms with Crippen LogP contribution in [0.25, 0.3) is 11.3 Å². The Kier molecular flexibility index (Phi) is 5.46. The number of ether oxygens (including phenoxy) is 2. The van der Waals surface area contributed by atoms with E-state index in [2.05, 4.69) is 16.5 Å². The van der Waals surface area contributed by atoms with E-state index in [-0.39, 0.29) is 18.5 Å². The summed E-state index contributed by atoms with van der Waals surface area (Å²) in [6, 6.07) is 9.30. The van der Waals surface area contributed by atoms with Crippen LogP contribution >= 0.6 is 0 Å². The molecular weight excluding hydrogens is 337 g/mol. The maximum absolute atomic E-state index is 14.4. The topological polar surface area (TPSA) is 64.6 Å². The molecule has 0 saturated carbocycles. The second-order valence-corrected chi connectivity index (χ2v) is 5.87. The molecule has 136 valence electrons. The van der Waals surface area contributed by atoms with Crippen LogP contribution in [0.4, 0.5) is 4.39 Å². The van der Waals surface area contributed by atoms with E-state index < -0.39 is 12.3 Å². The number of amides is 1. The lowest BCUT2D eigenvalue weighted by atomic mass is 10.1. The van der Waals surface area contributed by atoms with E-state index in [1.54, 1.807) is 19.4 Å². The van der Waals surface area contributed by atoms with Gasteiger partial charge in [-0.1, -0.05) is 18.7 Å². The highest BCUT2D eigenvalue weighted by Crippen LogP contribution is 2.29. The number of para-hydroxylation sites is 1. The molecule has 2 aromatic rings. The van der Waals surface area contributed by atoms with Crippen LogP contribution in [0.3, 0.4) is 0 Å². The van der Waals surface area contributed by atoms with Gasteiger partial charge in [-0.2, -0.15) is 4.98 Å². The number of aromatic nitrogens is 2. The molecule has 0 spiro atoms. The molecule has 2 heterocycles. The number of benzene rings is 1. The van der Waals surface area contributed by atoms with Crippen molar-refractivity contribution in [3.63, 3.8) is 0 Å². The quantitative estimate of drug-likeness (QED) is 0.770. The Morgan fingerprint density at radius 2 is 2.19 bits per heavy atom. The molecule has 7 heteroatoms. The van der Waals surface area contributed by atoms with E-state index in [1.807, 2.05) is 24.3 Å². The van der Waals surface area contributed by atoms with Crippen molar-refractivity contribution in [1.82, 2.24) is 14.9 Å². The zero-order chi connectivity index (χ0) is 18.5. The van der Waals surface area contributed by atoms with E-state index in [9.17, 15) is 9.18 Å². The second kappa shape index (κ2) is 7.95. The van der Waals surface area contributed by atoms with Gasteiger partial charge in [0.1, 0.15) is 11.9 Å². The number of methoxy groups -OCH3 is 1. The fourth-order valence-electron chi connectivity index (χ4n) is 2.88. The summed E-state index contributed by atoms with van der Waals surface area (Å²) in [5, 5.41) is 0. The first-order valence-electron chi connectivity index (χ1n) is 8.31. The average Bonchev–Trinajstić information content (AvgIpc) is 2.69. The van der Waals surface area contributed by atoms with Crippen molar-refractivity contribution < 1.29 is 18.7 Å². The van der Waals surface area contributed by atoms with Crippen LogP contribution in [0.2, 0.25) is 0 Å². The Morgan fingerprint density at radius 3 is 2.92 bits per heavy atom. The van der Waals surface area contributed by atoms with E-state index in [0.717, 1.165) is 5.56 Å². The molecule has 2 atom stereocenters. The summed E-state index contributed by atoms with van der Waals surface area (Å²) in [6.07, 6.45) is 1.10. The number of carbonyl (C=O) groups excluding carboxylic acids is 1. The fourth-order valence-corrected chi connectivity index (χ4v) is 2.88. The number of piperidine rings is 1. The molecule has 3 rings (SSSR count). The van der Waals surface area contributed by atoms with Crippen LogP contribution in [0.1, 0.15) is 6.42 Å². The van der Waals surface area contributed by atoms with Crippen LogP contribution in [0, 0.1) is 0 Å². The highest BCUT2D eigenvalue weighted by molar-refractivity contribution is 5.87. The van der Waals surface area contributed by atoms with Gasteiger partial charge in [-0.15, -0.1) is 0 Å². The number of halogens is 1. The molecule has 1 aliphatic rings. The summed E-state index contributed by atoms with van der Waals surface area (Å²) in [6.45, 7) is 3.80. The van der Waals surface area contributed by atoms with Gasteiger partial charge in [-0.05, 0) is 24.3 Å². The zero-order valence-corrected chi connectivity index (χ0v) is 14.5. The van der Waals surface area contributed by atoms with Crippen molar-refractivity contribution in [3.05, 3.63) is 49.2 Å². The Labute approximate surface area is 151 Å². The Morgan fingerprint density at radius 1 is 1.38 bits per heavy atom. The Bertz CT molecular complexity index is 799. The van der Waals surface area contributed by atoms with Crippen molar-refractivity contribution in [2.24, 2.45) is 0 Å². The summed E-state index contributed by atoms with van der Waals surface area (Å²) in [5.74, 6) is 0.400. The van der Waals surface area contributed by atoms with Crippen LogP contribution in [0.5, 0.6) is 11.8 Å². The molecule has 1 aromatic heterocycles. The van der Waals surface area contributed by atoms with E-state index in [1.165, 1.54) is 11.0 Å². The smallest absolute Gasteiger partial charge is 0.317 e. The first-order valence-corrected chi connectivity index (χ1v) is 8.31. The van der Waals surface area contributed by atoms with Crippen LogP contribution < -0.4 is 9.47 Å². The first-order chi connectivity index (χ1) is 12.6. The molecule has 1 fully saturated rings. The van der Waals surface area contributed by atoms with Crippen molar-refractivity contribution in [2.45, 2.75) is 18.7 Å². The minimum absolute atomic E-state index is 0.0261. The maximum atomic E-state index is 14.4. The van der Waals surface area contributed by atoms with Crippen LogP contribution in [-0.2, 0) is 4.79 Å². The molecule has 0 N–H and O–H groups in total. The Hall–Kier alpha value is -2.96. The normalized spacial score (nSPS) is 19.7. The van der Waals surface area contributed by atoms with Crippen LogP contribution in [0.15, 0.2) is 49.2 Å². The second-order valence-electron chi connectivity index (χ2n) is 5.87. The number of hydrogen-bond donors (Lipinski definition) is 0. The third-order valence-corrected chi connectivity index (χ3v) is 4.24. The minimum Gasteiger partial charge on any atom is -0.496 e. The SMILES string of the molecule is C=CC(=O)N1CC[C@H](Oc2nccc(-c3ccccc3OC)n2)[C@H](F)C1. The zero-order valence-electron chi connectivity index (χ0n) is 14.5. The lowest BCUT2D eigenvalue weighted by Crippen LogP contribution is -2.48. The molecule has 1 amide bonds. The van der Waals surface area contributed by atoms with E-state index in [0.29, 0.717) is 24.4 Å². The first kappa shape index (κ1) is 17.8. The van der Waals surface area contributed by atoms with Gasteiger partial charge in [0.25, 0.3) is 0 Å². The molecule has 26 heavy (non-hydrogen) atoms. The number of nitrogens with zero attached hydrogens (tertiary/aromatic N) is 3. The largest absolute Gasteiger partial charge is 0.496 e. The number of likely N-dealkylation sites (tertiary alicyclic amines) is 1. The predicted octanol–water partition coefficient (Wildman–Crippen LogP) is 2.66. The minimum atomic E-state index is -1.31. The van der Waals surface area contributed by atoms with Gasteiger partial charge in [0.2, 0.25) is 5.91 Å². The van der Waals surface area contributed by atoms with Gasteiger partial charge in [0.15, 0.2) is 6.17 Å². The van der Waals surface area contributed by atoms with E-state index in [4.69, 9.17) is 9.47 Å². The molecule has 1 aromatic carbocycles. The summed E-state index contributed by atoms with van der Waals surface area (Å²) in [5.41, 5.74) is 1.42. The van der Waals surface area contributed by atoms with E-state index >= 15 is 0 Å². The molecule has 1 aliphatic heterocycles. The van der Waals surface area contributed by atoms with Gasteiger partial charge in [0, 0.05) is 24.7 Å². The van der Waals surface area contributed by atoms with Gasteiger partial charge in [-0.3, -0.25) is 4.79 Å². The maximum Gasteiger partial charge on any atom is 0.317 e. The van der Waals surface area contributed by atoms with Crippen molar-refractivity contribution in [2.75, 3.05) is 20.2 Å². The molecule has 0 aliphatic carbocycles. The Balaban J connectivity index is 1.73. The number of alkyl halides is 1. The summed E-state index contributed by atoms with van der Waals surface area (Å²) in [7, 11) is 1.59. The lowest BCUT2D eigenvalue weighted by molar-refractivity contribution is -0.129. The molecule has 0 unspecified atom stereocenters. The average molecular weight is 357 g/mol. The van der Waals surface area contributed by atoms with Gasteiger partial charge in [0.05, 0.1) is 19.3 Å². The number of carbonyl (C=O) groups is 1. The third-order valence-electron chi connectivity index (χ3n) is 4.24. The molecular formula is C19H20FN3O3. The number of rotatable bonds is 5. The van der Waals surface area contributed by atoms with Gasteiger partial charge < -0.3 is 14.4 Å². The molecule has 0 radical (unpaired) electrons. The molecule has 6 nitrogen and oxygen atoms in total. The summed E-state index contributed by atoms with van der Waals surface area (Å²) in [4.78, 5) is 21.5. The van der Waals surface area contributed by atoms with Crippen molar-refractivity contribution >= 4 is 5.91 Å². The van der Waals surface area contributed by atoms with Gasteiger partial charge in [-0.25, -0.2) is 9.37 Å². The standard InChI is InChI=1S/C19H20FN3O3/c1-3-18(24)23-11-9-17(14(20)12-23)26-19-21-10-8-15(22-19)13-6-4-5-7-16(13)25-2/h3-8,10,14,17H,1,9,11-12H2,2H3/t14-,17+/m1/s1. The van der Waals surface area contributed by atoms with Crippen LogP contribution in [-0.4, -0.2) is 53.2 Å². The summed E-state index contributed by atoms with van der Waals surface area (Å²) < 4.78 is 25.4. The lowest BCUT2D eigenvalue weighted by Gasteiger charge is -2.33. The molecule has 1 saturated heterocycles. The van der Waals surface area contributed by atoms with Gasteiger partial charge >= 0.3 is 6.01 Å².